The van der Waals surface area contributed by atoms with Gasteiger partial charge in [-0.15, -0.1) is 11.6 Å². The molecule has 0 amide bonds. The molecule has 24 heavy (non-hydrogen) atoms. The molecule has 2 N–H and O–H groups in total. The van der Waals surface area contributed by atoms with Gasteiger partial charge in [0, 0.05) is 18.0 Å². The van der Waals surface area contributed by atoms with Crippen LogP contribution in [0.5, 0.6) is 0 Å². The molecular weight excluding hydrogens is 338 g/mol. The number of carboxylic acid groups (broad SMARTS) is 2. The Hall–Kier alpha value is -2.93. The van der Waals surface area contributed by atoms with E-state index in [2.05, 4.69) is 0 Å². The molecule has 0 aliphatic rings. The summed E-state index contributed by atoms with van der Waals surface area (Å²) in [7, 11) is 0. The highest BCUT2D eigenvalue weighted by atomic mass is 35.5. The summed E-state index contributed by atoms with van der Waals surface area (Å²) in [5.74, 6) is -2.47. The number of aryl methyl sites for hydroxylation is 1. The Morgan fingerprint density at radius 1 is 1.08 bits per heavy atom. The van der Waals surface area contributed by atoms with E-state index >= 15 is 0 Å². The lowest BCUT2D eigenvalue weighted by Gasteiger charge is -2.09. The van der Waals surface area contributed by atoms with Crippen LogP contribution in [0.25, 0.3) is 0 Å². The van der Waals surface area contributed by atoms with Gasteiger partial charge in [0.2, 0.25) is 0 Å². The zero-order chi connectivity index (χ0) is 18.3. The summed E-state index contributed by atoms with van der Waals surface area (Å²) in [6.45, 7) is 1.60. The van der Waals surface area contributed by atoms with E-state index in [1.54, 1.807) is 25.1 Å². The average Bonchev–Trinajstić information content (AvgIpc) is 2.55. The van der Waals surface area contributed by atoms with Gasteiger partial charge in [0.15, 0.2) is 0 Å². The topological polar surface area (TPSA) is 118 Å². The monoisotopic (exact) mass is 351 g/mol. The van der Waals surface area contributed by atoms with Crippen LogP contribution in [0, 0.1) is 17.0 Å². The van der Waals surface area contributed by atoms with Crippen LogP contribution in [-0.2, 0) is 5.88 Å². The van der Waals surface area contributed by atoms with Crippen LogP contribution in [0.2, 0.25) is 0 Å². The summed E-state index contributed by atoms with van der Waals surface area (Å²) in [5, 5.41) is 27.8. The van der Waals surface area contributed by atoms with Crippen molar-refractivity contribution in [2.24, 2.45) is 0 Å². The summed E-state index contributed by atoms with van der Waals surface area (Å²) in [4.78, 5) is 31.3. The van der Waals surface area contributed by atoms with E-state index in [4.69, 9.17) is 21.8 Å². The van der Waals surface area contributed by atoms with Gasteiger partial charge in [-0.3, -0.25) is 10.1 Å². The highest BCUT2D eigenvalue weighted by Gasteiger charge is 2.19. The summed E-state index contributed by atoms with van der Waals surface area (Å²) >= 11 is 5.57. The second-order valence-electron chi connectivity index (χ2n) is 4.62. The number of carbonyl (C=O) groups is 2. The highest BCUT2D eigenvalue weighted by molar-refractivity contribution is 6.18. The number of para-hydroxylation sites is 1. The first kappa shape index (κ1) is 19.1. The first-order valence-electron chi connectivity index (χ1n) is 6.64. The fourth-order valence-corrected chi connectivity index (χ4v) is 2.23. The third-order valence-electron chi connectivity index (χ3n) is 3.07. The molecule has 2 aromatic carbocycles. The van der Waals surface area contributed by atoms with Crippen LogP contribution in [-0.4, -0.2) is 27.1 Å². The minimum atomic E-state index is -1.17. The van der Waals surface area contributed by atoms with Gasteiger partial charge in [0.05, 0.1) is 16.1 Å². The average molecular weight is 352 g/mol. The molecule has 0 atom stereocenters. The van der Waals surface area contributed by atoms with Crippen LogP contribution >= 0.6 is 11.6 Å². The minimum Gasteiger partial charge on any atom is -0.478 e. The number of benzene rings is 2. The van der Waals surface area contributed by atoms with E-state index in [-0.39, 0.29) is 28.3 Å². The molecule has 2 aromatic rings. The van der Waals surface area contributed by atoms with Gasteiger partial charge >= 0.3 is 11.9 Å². The zero-order valence-corrected chi connectivity index (χ0v) is 13.4. The molecule has 0 spiro atoms. The van der Waals surface area contributed by atoms with E-state index in [1.165, 1.54) is 24.3 Å². The first-order chi connectivity index (χ1) is 11.3. The second kappa shape index (κ2) is 8.64. The molecule has 0 bridgehead atoms. The van der Waals surface area contributed by atoms with Crippen LogP contribution < -0.4 is 0 Å². The van der Waals surface area contributed by atoms with Gasteiger partial charge in [-0.2, -0.15) is 0 Å². The maximum absolute atomic E-state index is 10.9. The van der Waals surface area contributed by atoms with Crippen LogP contribution in [0.1, 0.15) is 31.8 Å². The summed E-state index contributed by atoms with van der Waals surface area (Å²) in [5.41, 5.74) is 0.704. The van der Waals surface area contributed by atoms with Crippen molar-refractivity contribution in [3.05, 3.63) is 74.8 Å². The molecule has 0 fully saturated rings. The van der Waals surface area contributed by atoms with Gasteiger partial charge in [0.1, 0.15) is 0 Å². The Bertz CT molecular complexity index is 761. The van der Waals surface area contributed by atoms with Gasteiger partial charge < -0.3 is 10.2 Å². The smallest absolute Gasteiger partial charge is 0.336 e. The standard InChI is InChI=1S/C10H9ClO4.C6H5NO2/c1-5-2-3-6(9(12)13)7(4-11)8(5)10(14)15;8-7(9)6-4-2-1-3-5-6/h2-3H,4H2,1H3,(H,12,13)(H,14,15);1-5H. The van der Waals surface area contributed by atoms with E-state index in [0.29, 0.717) is 5.56 Å². The largest absolute Gasteiger partial charge is 0.478 e. The molecule has 126 valence electrons. The number of nitrogens with zero attached hydrogens (tertiary/aromatic N) is 1. The predicted octanol–water partition coefficient (Wildman–Crippen LogP) is 3.73. The molecule has 0 saturated heterocycles. The highest BCUT2D eigenvalue weighted by Crippen LogP contribution is 2.21. The van der Waals surface area contributed by atoms with E-state index in [9.17, 15) is 19.7 Å². The Kier molecular flexibility index (Phi) is 6.88. The van der Waals surface area contributed by atoms with Gasteiger partial charge in [0.25, 0.3) is 5.69 Å². The molecule has 8 heteroatoms. The molecule has 0 saturated carbocycles. The first-order valence-corrected chi connectivity index (χ1v) is 7.17. The SMILES string of the molecule is Cc1ccc(C(=O)O)c(CCl)c1C(=O)O.O=[N+]([O-])c1ccccc1. The second-order valence-corrected chi connectivity index (χ2v) is 4.89. The van der Waals surface area contributed by atoms with Crippen molar-refractivity contribution in [3.8, 4) is 0 Å². The maximum Gasteiger partial charge on any atom is 0.336 e. The molecule has 0 aromatic heterocycles. The number of nitro groups is 1. The lowest BCUT2D eigenvalue weighted by molar-refractivity contribution is -0.384. The number of nitro benzene ring substituents is 1. The number of hydrogen-bond donors (Lipinski definition) is 2. The lowest BCUT2D eigenvalue weighted by Crippen LogP contribution is -2.10. The van der Waals surface area contributed by atoms with Crippen molar-refractivity contribution in [1.82, 2.24) is 0 Å². The van der Waals surface area contributed by atoms with E-state index < -0.39 is 16.9 Å². The number of carboxylic acids is 2. The summed E-state index contributed by atoms with van der Waals surface area (Å²) in [6.07, 6.45) is 0. The molecule has 0 heterocycles. The van der Waals surface area contributed by atoms with Crippen LogP contribution in [0.15, 0.2) is 42.5 Å². The van der Waals surface area contributed by atoms with Crippen molar-refractivity contribution < 1.29 is 24.7 Å². The number of aromatic carboxylic acids is 2. The van der Waals surface area contributed by atoms with Gasteiger partial charge in [-0.1, -0.05) is 24.3 Å². The summed E-state index contributed by atoms with van der Waals surface area (Å²) in [6, 6.07) is 10.8. The Morgan fingerprint density at radius 3 is 2.04 bits per heavy atom. The maximum atomic E-state index is 10.9. The molecule has 7 nitrogen and oxygen atoms in total. The van der Waals surface area contributed by atoms with Crippen molar-refractivity contribution in [2.75, 3.05) is 0 Å². The Balaban J connectivity index is 0.000000272. The normalized spacial score (nSPS) is 9.58. The predicted molar refractivity (Wildman–Crippen MR) is 87.8 cm³/mol. The Labute approximate surface area is 142 Å². The Morgan fingerprint density at radius 2 is 1.67 bits per heavy atom. The molecule has 0 aliphatic carbocycles. The van der Waals surface area contributed by atoms with Crippen molar-refractivity contribution in [1.29, 1.82) is 0 Å². The number of halogens is 1. The van der Waals surface area contributed by atoms with Gasteiger partial charge in [-0.05, 0) is 24.1 Å². The minimum absolute atomic E-state index is 0.0232. The fourth-order valence-electron chi connectivity index (χ4n) is 1.95. The van der Waals surface area contributed by atoms with Crippen molar-refractivity contribution >= 4 is 29.2 Å². The number of non-ortho nitro benzene ring substituents is 1. The number of rotatable bonds is 4. The van der Waals surface area contributed by atoms with E-state index in [1.807, 2.05) is 0 Å². The number of hydrogen-bond acceptors (Lipinski definition) is 4. The third kappa shape index (κ3) is 4.79. The number of alkyl halides is 1. The van der Waals surface area contributed by atoms with Crippen molar-refractivity contribution in [2.45, 2.75) is 12.8 Å². The summed E-state index contributed by atoms with van der Waals surface area (Å²) < 4.78 is 0. The van der Waals surface area contributed by atoms with Gasteiger partial charge in [-0.25, -0.2) is 9.59 Å². The molecule has 0 radical (unpaired) electrons. The molecule has 2 rings (SSSR count). The lowest BCUT2D eigenvalue weighted by atomic mass is 9.98. The van der Waals surface area contributed by atoms with Crippen LogP contribution in [0.4, 0.5) is 5.69 Å². The van der Waals surface area contributed by atoms with Crippen molar-refractivity contribution in [3.63, 3.8) is 0 Å². The zero-order valence-electron chi connectivity index (χ0n) is 12.6. The fraction of sp³-hybridized carbons (Fsp3) is 0.125. The molecular formula is C16H14ClNO6. The van der Waals surface area contributed by atoms with E-state index in [0.717, 1.165) is 0 Å². The molecule has 0 unspecified atom stereocenters. The third-order valence-corrected chi connectivity index (χ3v) is 3.33. The molecule has 0 aliphatic heterocycles. The van der Waals surface area contributed by atoms with Crippen LogP contribution in [0.3, 0.4) is 0 Å². The quantitative estimate of drug-likeness (QED) is 0.492.